The Morgan fingerprint density at radius 3 is 2.83 bits per heavy atom. The number of carbonyl (C=O) groups excluding carboxylic acids is 1. The lowest BCUT2D eigenvalue weighted by atomic mass is 10.3. The van der Waals surface area contributed by atoms with E-state index >= 15 is 0 Å². The average Bonchev–Trinajstić information content (AvgIpc) is 2.75. The monoisotopic (exact) mass is 275 g/mol. The maximum absolute atomic E-state index is 13.3. The highest BCUT2D eigenvalue weighted by atomic mass is 35.5. The van der Waals surface area contributed by atoms with E-state index in [2.05, 4.69) is 15.6 Å². The topological polar surface area (TPSA) is 63.2 Å². The first-order chi connectivity index (χ1) is 8.20. The van der Waals surface area contributed by atoms with Crippen LogP contribution in [0.4, 0.5) is 4.39 Å². The van der Waals surface area contributed by atoms with Gasteiger partial charge in [0, 0.05) is 20.1 Å². The van der Waals surface area contributed by atoms with Crippen LogP contribution in [0.15, 0.2) is 18.3 Å². The maximum atomic E-state index is 13.3. The summed E-state index contributed by atoms with van der Waals surface area (Å²) in [6, 6.07) is 3.16. The zero-order chi connectivity index (χ0) is 12.3. The number of nitrogens with zero attached hydrogens (tertiary/aromatic N) is 1. The number of alkyl halides is 1. The van der Waals surface area contributed by atoms with Crippen molar-refractivity contribution < 1.29 is 13.9 Å². The van der Waals surface area contributed by atoms with Crippen molar-refractivity contribution in [1.82, 2.24) is 15.6 Å². The van der Waals surface area contributed by atoms with Gasteiger partial charge < -0.3 is 15.4 Å². The lowest BCUT2D eigenvalue weighted by Gasteiger charge is -2.14. The van der Waals surface area contributed by atoms with Crippen molar-refractivity contribution in [2.45, 2.75) is 12.3 Å². The van der Waals surface area contributed by atoms with E-state index in [1.807, 2.05) is 0 Å². The zero-order valence-electron chi connectivity index (χ0n) is 9.85. The van der Waals surface area contributed by atoms with Gasteiger partial charge in [-0.25, -0.2) is 9.37 Å². The smallest absolute Gasteiger partial charge is 0.269 e. The van der Waals surface area contributed by atoms with Crippen LogP contribution in [0, 0.1) is 0 Å². The van der Waals surface area contributed by atoms with Crippen molar-refractivity contribution in [2.75, 3.05) is 20.1 Å². The molecule has 1 aromatic heterocycles. The fourth-order valence-corrected chi connectivity index (χ4v) is 1.63. The van der Waals surface area contributed by atoms with Gasteiger partial charge in [-0.15, -0.1) is 12.4 Å². The van der Waals surface area contributed by atoms with Crippen LogP contribution in [-0.4, -0.2) is 43.3 Å². The van der Waals surface area contributed by atoms with E-state index in [1.54, 1.807) is 12.1 Å². The molecule has 1 saturated heterocycles. The molecule has 0 unspecified atom stereocenters. The molecule has 7 heteroatoms. The van der Waals surface area contributed by atoms with E-state index in [0.29, 0.717) is 24.5 Å². The quantitative estimate of drug-likeness (QED) is 0.846. The van der Waals surface area contributed by atoms with E-state index in [1.165, 1.54) is 13.2 Å². The van der Waals surface area contributed by atoms with Crippen molar-refractivity contribution in [3.8, 4) is 5.75 Å². The molecule has 2 atom stereocenters. The minimum absolute atomic E-state index is 0. The lowest BCUT2D eigenvalue weighted by Crippen LogP contribution is -2.27. The van der Waals surface area contributed by atoms with Crippen molar-refractivity contribution in [2.24, 2.45) is 0 Å². The molecule has 100 valence electrons. The summed E-state index contributed by atoms with van der Waals surface area (Å²) in [5.41, 5.74) is 0.307. The average molecular weight is 276 g/mol. The highest BCUT2D eigenvalue weighted by molar-refractivity contribution is 5.91. The van der Waals surface area contributed by atoms with E-state index in [0.717, 1.165) is 0 Å². The normalized spacial score (nSPS) is 22.1. The van der Waals surface area contributed by atoms with Gasteiger partial charge in [0.05, 0.1) is 6.20 Å². The minimum Gasteiger partial charge on any atom is -0.484 e. The predicted molar refractivity (Wildman–Crippen MR) is 67.1 cm³/mol. The minimum atomic E-state index is -1.01. The summed E-state index contributed by atoms with van der Waals surface area (Å²) in [5.74, 6) is 0.205. The molecular formula is C11H15ClFN3O2. The number of pyridine rings is 1. The molecule has 1 amide bonds. The van der Waals surface area contributed by atoms with Crippen LogP contribution >= 0.6 is 12.4 Å². The van der Waals surface area contributed by atoms with Gasteiger partial charge in [-0.05, 0) is 12.1 Å². The SMILES string of the molecule is CNC(=O)c1ccc(O[C@H]2CNC[C@H]2F)cn1.Cl. The van der Waals surface area contributed by atoms with Crippen molar-refractivity contribution >= 4 is 18.3 Å². The molecule has 2 rings (SSSR count). The highest BCUT2D eigenvalue weighted by Crippen LogP contribution is 2.16. The molecule has 2 N–H and O–H groups in total. The molecule has 18 heavy (non-hydrogen) atoms. The molecule has 0 bridgehead atoms. The van der Waals surface area contributed by atoms with Gasteiger partial charge in [0.1, 0.15) is 17.5 Å². The Hall–Kier alpha value is -1.40. The summed E-state index contributed by atoms with van der Waals surface area (Å²) in [6.07, 6.45) is -0.0634. The molecule has 1 fully saturated rings. The van der Waals surface area contributed by atoms with Gasteiger partial charge in [0.25, 0.3) is 5.91 Å². The molecule has 0 aromatic carbocycles. The Bertz CT molecular complexity index is 402. The largest absolute Gasteiger partial charge is 0.484 e. The summed E-state index contributed by atoms with van der Waals surface area (Å²) in [5, 5.41) is 5.37. The van der Waals surface area contributed by atoms with Gasteiger partial charge in [-0.3, -0.25) is 4.79 Å². The Morgan fingerprint density at radius 2 is 2.33 bits per heavy atom. The van der Waals surface area contributed by atoms with Crippen LogP contribution in [-0.2, 0) is 0 Å². The summed E-state index contributed by atoms with van der Waals surface area (Å²) < 4.78 is 18.7. The summed E-state index contributed by atoms with van der Waals surface area (Å²) in [6.45, 7) is 0.798. The van der Waals surface area contributed by atoms with Crippen LogP contribution in [0.5, 0.6) is 5.75 Å². The first kappa shape index (κ1) is 14.7. The maximum Gasteiger partial charge on any atom is 0.269 e. The van der Waals surface area contributed by atoms with Crippen molar-refractivity contribution in [3.63, 3.8) is 0 Å². The van der Waals surface area contributed by atoms with Gasteiger partial charge in [0.15, 0.2) is 6.17 Å². The number of ether oxygens (including phenoxy) is 1. The Morgan fingerprint density at radius 1 is 1.56 bits per heavy atom. The summed E-state index contributed by atoms with van der Waals surface area (Å²) >= 11 is 0. The number of rotatable bonds is 3. The molecule has 0 aliphatic carbocycles. The second-order valence-corrected chi connectivity index (χ2v) is 3.79. The number of aromatic nitrogens is 1. The molecular weight excluding hydrogens is 261 g/mol. The van der Waals surface area contributed by atoms with Crippen LogP contribution < -0.4 is 15.4 Å². The van der Waals surface area contributed by atoms with Gasteiger partial charge in [-0.2, -0.15) is 0 Å². The molecule has 1 aliphatic heterocycles. The fourth-order valence-electron chi connectivity index (χ4n) is 1.63. The van der Waals surface area contributed by atoms with Crippen LogP contribution in [0.3, 0.4) is 0 Å². The predicted octanol–water partition coefficient (Wildman–Crippen LogP) is 0.552. The summed E-state index contributed by atoms with van der Waals surface area (Å²) in [7, 11) is 1.53. The number of hydrogen-bond acceptors (Lipinski definition) is 4. The van der Waals surface area contributed by atoms with Gasteiger partial charge >= 0.3 is 0 Å². The Labute approximate surface area is 111 Å². The molecule has 2 heterocycles. The van der Waals surface area contributed by atoms with Gasteiger partial charge in [-0.1, -0.05) is 0 Å². The number of nitrogens with one attached hydrogen (secondary N) is 2. The van der Waals surface area contributed by atoms with Crippen molar-refractivity contribution in [1.29, 1.82) is 0 Å². The first-order valence-electron chi connectivity index (χ1n) is 5.40. The van der Waals surface area contributed by atoms with Crippen molar-refractivity contribution in [3.05, 3.63) is 24.0 Å². The van der Waals surface area contributed by atoms with Crippen LogP contribution in [0.1, 0.15) is 10.5 Å². The molecule has 1 aromatic rings. The van der Waals surface area contributed by atoms with E-state index in [-0.39, 0.29) is 18.3 Å². The standard InChI is InChI=1S/C11H14FN3O2.ClH/c1-13-11(16)9-3-2-7(4-15-9)17-10-6-14-5-8(10)12;/h2-4,8,10,14H,5-6H2,1H3,(H,13,16);1H/t8-,10+;/m1./s1. The first-order valence-corrected chi connectivity index (χ1v) is 5.40. The zero-order valence-corrected chi connectivity index (χ0v) is 10.7. The molecule has 1 aliphatic rings. The van der Waals surface area contributed by atoms with Gasteiger partial charge in [0.2, 0.25) is 0 Å². The van der Waals surface area contributed by atoms with E-state index < -0.39 is 12.3 Å². The Kier molecular flexibility index (Phi) is 5.30. The molecule has 0 spiro atoms. The highest BCUT2D eigenvalue weighted by Gasteiger charge is 2.28. The number of amides is 1. The van der Waals surface area contributed by atoms with E-state index in [9.17, 15) is 9.18 Å². The third-order valence-electron chi connectivity index (χ3n) is 2.57. The molecule has 0 radical (unpaired) electrons. The fraction of sp³-hybridized carbons (Fsp3) is 0.455. The molecule has 0 saturated carbocycles. The van der Waals surface area contributed by atoms with E-state index in [4.69, 9.17) is 4.74 Å². The summed E-state index contributed by atoms with van der Waals surface area (Å²) in [4.78, 5) is 15.2. The molecule has 5 nitrogen and oxygen atoms in total. The lowest BCUT2D eigenvalue weighted by molar-refractivity contribution is 0.0957. The third kappa shape index (κ3) is 3.30. The third-order valence-corrected chi connectivity index (χ3v) is 2.57. The number of hydrogen-bond donors (Lipinski definition) is 2. The van der Waals surface area contributed by atoms with Crippen LogP contribution in [0.2, 0.25) is 0 Å². The number of carbonyl (C=O) groups is 1. The second-order valence-electron chi connectivity index (χ2n) is 3.79. The Balaban J connectivity index is 0.00000162. The van der Waals surface area contributed by atoms with Crippen LogP contribution in [0.25, 0.3) is 0 Å². The second kappa shape index (κ2) is 6.51. The number of halogens is 2.